The van der Waals surface area contributed by atoms with Crippen molar-refractivity contribution in [2.45, 2.75) is 13.5 Å². The largest absolute Gasteiger partial charge is 0.468 e. The first-order valence-electron chi connectivity index (χ1n) is 9.05. The van der Waals surface area contributed by atoms with Crippen LogP contribution in [0.4, 0.5) is 5.00 Å². The summed E-state index contributed by atoms with van der Waals surface area (Å²) in [5.41, 5.74) is 0.818. The second kappa shape index (κ2) is 9.38. The molecule has 1 aliphatic rings. The number of thiophene rings is 1. The molecule has 1 fully saturated rings. The quantitative estimate of drug-likeness (QED) is 0.561. The smallest absolute Gasteiger partial charge is 0.348 e. The normalized spacial score (nSPS) is 14.5. The number of hydrogen-bond donors (Lipinski definition) is 1. The number of nitrogens with zero attached hydrogens (tertiary/aromatic N) is 2. The number of ether oxygens (including phenoxy) is 2. The summed E-state index contributed by atoms with van der Waals surface area (Å²) in [6.07, 6.45) is 1.68. The van der Waals surface area contributed by atoms with Crippen molar-refractivity contribution in [3.05, 3.63) is 40.2 Å². The van der Waals surface area contributed by atoms with Crippen LogP contribution in [0.3, 0.4) is 0 Å². The number of carbonyl (C=O) groups excluding carboxylic acids is 2. The van der Waals surface area contributed by atoms with E-state index in [4.69, 9.17) is 26.1 Å². The van der Waals surface area contributed by atoms with Crippen molar-refractivity contribution >= 4 is 45.6 Å². The second-order valence-electron chi connectivity index (χ2n) is 6.52. The molecule has 2 aromatic rings. The number of furan rings is 1. The van der Waals surface area contributed by atoms with E-state index in [0.717, 1.165) is 49.8 Å². The lowest BCUT2D eigenvalue weighted by atomic mass is 10.1. The predicted octanol–water partition coefficient (Wildman–Crippen LogP) is 2.74. The highest BCUT2D eigenvalue weighted by Crippen LogP contribution is 2.34. The van der Waals surface area contributed by atoms with Crippen LogP contribution >= 0.6 is 23.6 Å². The van der Waals surface area contributed by atoms with Gasteiger partial charge in [-0.15, -0.1) is 11.3 Å². The van der Waals surface area contributed by atoms with Gasteiger partial charge in [-0.3, -0.25) is 4.90 Å². The molecule has 29 heavy (non-hydrogen) atoms. The minimum atomic E-state index is -0.525. The molecule has 0 radical (unpaired) electrons. The van der Waals surface area contributed by atoms with Gasteiger partial charge in [0.1, 0.15) is 15.6 Å². The van der Waals surface area contributed by atoms with Crippen molar-refractivity contribution in [2.24, 2.45) is 0 Å². The van der Waals surface area contributed by atoms with Gasteiger partial charge in [-0.05, 0) is 36.8 Å². The third kappa shape index (κ3) is 4.77. The number of nitrogens with one attached hydrogen (secondary N) is 1. The average Bonchev–Trinajstić information content (AvgIpc) is 3.35. The number of hydrogen-bond acceptors (Lipinski definition) is 8. The first-order chi connectivity index (χ1) is 13.9. The summed E-state index contributed by atoms with van der Waals surface area (Å²) in [5, 5.41) is 4.12. The Bertz CT molecular complexity index is 886. The highest BCUT2D eigenvalue weighted by molar-refractivity contribution is 7.80. The van der Waals surface area contributed by atoms with Crippen molar-refractivity contribution in [3.63, 3.8) is 0 Å². The summed E-state index contributed by atoms with van der Waals surface area (Å²) < 4.78 is 15.1. The molecular formula is C19H23N3O5S2. The van der Waals surface area contributed by atoms with Gasteiger partial charge in [0.15, 0.2) is 5.11 Å². The van der Waals surface area contributed by atoms with E-state index in [0.29, 0.717) is 26.1 Å². The maximum absolute atomic E-state index is 12.3. The van der Waals surface area contributed by atoms with Crippen molar-refractivity contribution in [1.82, 2.24) is 9.80 Å². The number of carbonyl (C=O) groups is 2. The third-order valence-corrected chi connectivity index (χ3v) is 6.29. The van der Waals surface area contributed by atoms with Crippen LogP contribution in [0.1, 0.15) is 31.4 Å². The van der Waals surface area contributed by atoms with E-state index in [1.54, 1.807) is 13.2 Å². The van der Waals surface area contributed by atoms with Gasteiger partial charge in [-0.25, -0.2) is 9.59 Å². The Morgan fingerprint density at radius 2 is 1.90 bits per heavy atom. The zero-order valence-electron chi connectivity index (χ0n) is 16.5. The van der Waals surface area contributed by atoms with E-state index < -0.39 is 11.9 Å². The molecule has 10 heteroatoms. The lowest BCUT2D eigenvalue weighted by Gasteiger charge is -2.35. The minimum Gasteiger partial charge on any atom is -0.468 e. The van der Waals surface area contributed by atoms with Crippen molar-refractivity contribution < 1.29 is 23.5 Å². The molecule has 3 heterocycles. The van der Waals surface area contributed by atoms with Gasteiger partial charge >= 0.3 is 11.9 Å². The van der Waals surface area contributed by atoms with Crippen LogP contribution in [-0.2, 0) is 16.0 Å². The molecule has 2 aromatic heterocycles. The van der Waals surface area contributed by atoms with Gasteiger partial charge in [0.05, 0.1) is 32.6 Å². The van der Waals surface area contributed by atoms with Crippen molar-refractivity contribution in [2.75, 3.05) is 45.7 Å². The van der Waals surface area contributed by atoms with Crippen LogP contribution in [0, 0.1) is 6.92 Å². The number of rotatable bonds is 5. The first kappa shape index (κ1) is 21.3. The molecule has 1 saturated heterocycles. The summed E-state index contributed by atoms with van der Waals surface area (Å²) in [6, 6.07) is 3.85. The predicted molar refractivity (Wildman–Crippen MR) is 114 cm³/mol. The topological polar surface area (TPSA) is 84.3 Å². The van der Waals surface area contributed by atoms with Crippen LogP contribution in [0.5, 0.6) is 0 Å². The number of thiocarbonyl (C=S) groups is 1. The highest BCUT2D eigenvalue weighted by Gasteiger charge is 2.27. The average molecular weight is 438 g/mol. The Labute approximate surface area is 178 Å². The van der Waals surface area contributed by atoms with Crippen LogP contribution < -0.4 is 5.32 Å². The van der Waals surface area contributed by atoms with Gasteiger partial charge in [0, 0.05) is 26.2 Å². The lowest BCUT2D eigenvalue weighted by Crippen LogP contribution is -2.49. The zero-order valence-corrected chi connectivity index (χ0v) is 18.2. The standard InChI is InChI=1S/C19H23N3O5S2/c1-12-14(17(23)25-2)16(29-15(12)18(24)26-3)20-19(28)22-8-6-21(7-9-22)11-13-5-4-10-27-13/h4-5,10H,6-9,11H2,1-3H3,(H,20,28). The summed E-state index contributed by atoms with van der Waals surface area (Å²) in [6.45, 7) is 5.62. The van der Waals surface area contributed by atoms with Gasteiger partial charge in [-0.2, -0.15) is 0 Å². The van der Waals surface area contributed by atoms with Crippen LogP contribution in [0.25, 0.3) is 0 Å². The Morgan fingerprint density at radius 1 is 1.21 bits per heavy atom. The molecule has 8 nitrogen and oxygen atoms in total. The van der Waals surface area contributed by atoms with Crippen LogP contribution in [0.15, 0.2) is 22.8 Å². The number of methoxy groups -OCH3 is 2. The first-order valence-corrected chi connectivity index (χ1v) is 10.3. The molecule has 0 aliphatic carbocycles. The maximum Gasteiger partial charge on any atom is 0.348 e. The Hall–Kier alpha value is -2.43. The molecule has 0 amide bonds. The van der Waals surface area contributed by atoms with Crippen molar-refractivity contribution in [1.29, 1.82) is 0 Å². The van der Waals surface area contributed by atoms with Crippen LogP contribution in [0.2, 0.25) is 0 Å². The van der Waals surface area contributed by atoms with E-state index in [1.807, 2.05) is 17.0 Å². The fourth-order valence-electron chi connectivity index (χ4n) is 3.14. The van der Waals surface area contributed by atoms with E-state index in [9.17, 15) is 9.59 Å². The maximum atomic E-state index is 12.3. The van der Waals surface area contributed by atoms with Crippen LogP contribution in [-0.4, -0.2) is 67.2 Å². The van der Waals surface area contributed by atoms with E-state index in [2.05, 4.69) is 10.2 Å². The molecule has 0 aromatic carbocycles. The van der Waals surface area contributed by atoms with Gasteiger partial charge in [-0.1, -0.05) is 0 Å². The lowest BCUT2D eigenvalue weighted by molar-refractivity contribution is 0.0601. The molecule has 0 bridgehead atoms. The van der Waals surface area contributed by atoms with E-state index >= 15 is 0 Å². The number of anilines is 1. The summed E-state index contributed by atoms with van der Waals surface area (Å²) >= 11 is 6.69. The van der Waals surface area contributed by atoms with Gasteiger partial charge in [0.2, 0.25) is 0 Å². The number of piperazine rings is 1. The Kier molecular flexibility index (Phi) is 6.88. The fourth-order valence-corrected chi connectivity index (χ4v) is 4.61. The van der Waals surface area contributed by atoms with Gasteiger partial charge in [0.25, 0.3) is 0 Å². The van der Waals surface area contributed by atoms with Gasteiger partial charge < -0.3 is 24.1 Å². The van der Waals surface area contributed by atoms with E-state index in [-0.39, 0.29) is 0 Å². The Morgan fingerprint density at radius 3 is 2.48 bits per heavy atom. The molecule has 0 unspecified atom stereocenters. The highest BCUT2D eigenvalue weighted by atomic mass is 32.1. The molecule has 0 saturated carbocycles. The molecule has 3 rings (SSSR count). The molecule has 0 atom stereocenters. The monoisotopic (exact) mass is 437 g/mol. The molecule has 1 N–H and O–H groups in total. The molecule has 0 spiro atoms. The molecular weight excluding hydrogens is 414 g/mol. The summed E-state index contributed by atoms with van der Waals surface area (Å²) in [7, 11) is 2.61. The van der Waals surface area contributed by atoms with E-state index in [1.165, 1.54) is 14.2 Å². The molecule has 1 aliphatic heterocycles. The zero-order chi connectivity index (χ0) is 21.0. The van der Waals surface area contributed by atoms with Crippen molar-refractivity contribution in [3.8, 4) is 0 Å². The fraction of sp³-hybridized carbons (Fsp3) is 0.421. The number of esters is 2. The second-order valence-corrected chi connectivity index (χ2v) is 7.92. The Balaban J connectivity index is 1.67. The SMILES string of the molecule is COC(=O)c1sc(NC(=S)N2CCN(Cc3ccco3)CC2)c(C(=O)OC)c1C. The summed E-state index contributed by atoms with van der Waals surface area (Å²) in [4.78, 5) is 29.0. The minimum absolute atomic E-state index is 0.303. The third-order valence-electron chi connectivity index (χ3n) is 4.75. The molecule has 156 valence electrons. The summed E-state index contributed by atoms with van der Waals surface area (Å²) in [5.74, 6) is -0.0862.